The Balaban J connectivity index is 1.85. The van der Waals surface area contributed by atoms with Gasteiger partial charge in [0.15, 0.2) is 0 Å². The van der Waals surface area contributed by atoms with Crippen LogP contribution in [0.25, 0.3) is 0 Å². The fourth-order valence-electron chi connectivity index (χ4n) is 4.18. The molecule has 0 bridgehead atoms. The molecule has 2 N–H and O–H groups in total. The van der Waals surface area contributed by atoms with Gasteiger partial charge in [-0.1, -0.05) is 12.1 Å². The molecule has 2 aliphatic heterocycles. The number of rotatable bonds is 3. The molecule has 0 aliphatic carbocycles. The quantitative estimate of drug-likeness (QED) is 0.803. The van der Waals surface area contributed by atoms with Crippen LogP contribution in [0.5, 0.6) is 5.75 Å². The summed E-state index contributed by atoms with van der Waals surface area (Å²) < 4.78 is 0. The summed E-state index contributed by atoms with van der Waals surface area (Å²) >= 11 is 0. The molecule has 0 spiro atoms. The molecule has 1 atom stereocenters. The number of phenolic OH excluding ortho intramolecular Hbond substituents is 1. The SMILES string of the molecule is CC(C)N1C(=O)c2ccccc2N2C(=O)CC[C@@]21C(=O)Nc1ccc(O)cc1. The second-order valence-corrected chi connectivity index (χ2v) is 7.33. The van der Waals surface area contributed by atoms with Gasteiger partial charge in [0.1, 0.15) is 5.75 Å². The Bertz CT molecular complexity index is 970. The molecule has 144 valence electrons. The fraction of sp³-hybridized carbons (Fsp3) is 0.286. The predicted molar refractivity (Wildman–Crippen MR) is 104 cm³/mol. The molecule has 2 aliphatic rings. The molecule has 7 nitrogen and oxygen atoms in total. The minimum absolute atomic E-state index is 0.0828. The molecular weight excluding hydrogens is 358 g/mol. The number of nitrogens with zero attached hydrogens (tertiary/aromatic N) is 2. The van der Waals surface area contributed by atoms with Crippen LogP contribution in [-0.2, 0) is 9.59 Å². The Labute approximate surface area is 162 Å². The molecule has 7 heteroatoms. The van der Waals surface area contributed by atoms with Gasteiger partial charge in [0.2, 0.25) is 11.6 Å². The Hall–Kier alpha value is -3.35. The molecule has 1 saturated heterocycles. The first kappa shape index (κ1) is 18.0. The maximum absolute atomic E-state index is 13.5. The van der Waals surface area contributed by atoms with Gasteiger partial charge in [-0.25, -0.2) is 0 Å². The van der Waals surface area contributed by atoms with Crippen LogP contribution in [0.15, 0.2) is 48.5 Å². The van der Waals surface area contributed by atoms with Crippen LogP contribution < -0.4 is 10.2 Å². The summed E-state index contributed by atoms with van der Waals surface area (Å²) in [5, 5.41) is 12.3. The smallest absolute Gasteiger partial charge is 0.271 e. The highest BCUT2D eigenvalue weighted by atomic mass is 16.3. The van der Waals surface area contributed by atoms with Gasteiger partial charge in [-0.15, -0.1) is 0 Å². The molecule has 0 aromatic heterocycles. The van der Waals surface area contributed by atoms with Gasteiger partial charge in [-0.05, 0) is 50.2 Å². The van der Waals surface area contributed by atoms with Gasteiger partial charge in [-0.3, -0.25) is 19.3 Å². The summed E-state index contributed by atoms with van der Waals surface area (Å²) in [6.45, 7) is 3.67. The highest BCUT2D eigenvalue weighted by Crippen LogP contribution is 2.45. The third-order valence-electron chi connectivity index (χ3n) is 5.30. The zero-order valence-electron chi connectivity index (χ0n) is 15.7. The summed E-state index contributed by atoms with van der Waals surface area (Å²) in [5.41, 5.74) is -0.0621. The molecule has 2 heterocycles. The van der Waals surface area contributed by atoms with E-state index in [-0.39, 0.29) is 36.4 Å². The number of hydrogen-bond acceptors (Lipinski definition) is 4. The molecule has 0 saturated carbocycles. The van der Waals surface area contributed by atoms with Crippen molar-refractivity contribution in [3.63, 3.8) is 0 Å². The Kier molecular flexibility index (Phi) is 4.10. The topological polar surface area (TPSA) is 90.0 Å². The van der Waals surface area contributed by atoms with E-state index in [9.17, 15) is 19.5 Å². The molecule has 2 aromatic carbocycles. The molecule has 28 heavy (non-hydrogen) atoms. The first-order valence-electron chi connectivity index (χ1n) is 9.22. The average molecular weight is 379 g/mol. The predicted octanol–water partition coefficient (Wildman–Crippen LogP) is 2.72. The van der Waals surface area contributed by atoms with E-state index in [1.165, 1.54) is 21.9 Å². The lowest BCUT2D eigenvalue weighted by molar-refractivity contribution is -0.129. The van der Waals surface area contributed by atoms with Crippen molar-refractivity contribution in [2.75, 3.05) is 10.2 Å². The van der Waals surface area contributed by atoms with Crippen molar-refractivity contribution in [1.82, 2.24) is 4.90 Å². The summed E-state index contributed by atoms with van der Waals surface area (Å²) in [6, 6.07) is 12.7. The standard InChI is InChI=1S/C21H21N3O4/c1-13(2)23-19(27)16-5-3-4-6-17(16)24-18(26)11-12-21(23,24)20(28)22-14-7-9-15(25)10-8-14/h3-10,13,25H,11-12H2,1-2H3,(H,22,28)/t21-/m0/s1. The number of nitrogens with one attached hydrogen (secondary N) is 1. The maximum Gasteiger partial charge on any atom is 0.271 e. The molecule has 1 fully saturated rings. The van der Waals surface area contributed by atoms with Gasteiger partial charge < -0.3 is 15.3 Å². The lowest BCUT2D eigenvalue weighted by Gasteiger charge is -2.50. The van der Waals surface area contributed by atoms with Crippen molar-refractivity contribution in [2.45, 2.75) is 38.4 Å². The first-order chi connectivity index (χ1) is 13.4. The van der Waals surface area contributed by atoms with E-state index in [0.29, 0.717) is 16.9 Å². The van der Waals surface area contributed by atoms with E-state index in [1.54, 1.807) is 36.4 Å². The number of carbonyl (C=O) groups excluding carboxylic acids is 3. The Morgan fingerprint density at radius 1 is 1.11 bits per heavy atom. The summed E-state index contributed by atoms with van der Waals surface area (Å²) in [6.07, 6.45) is 0.391. The van der Waals surface area contributed by atoms with Gasteiger partial charge in [0.25, 0.3) is 11.8 Å². The number of para-hydroxylation sites is 1. The second kappa shape index (κ2) is 6.37. The van der Waals surface area contributed by atoms with Crippen molar-refractivity contribution in [2.24, 2.45) is 0 Å². The van der Waals surface area contributed by atoms with Crippen LogP contribution >= 0.6 is 0 Å². The number of aromatic hydroxyl groups is 1. The van der Waals surface area contributed by atoms with Gasteiger partial charge >= 0.3 is 0 Å². The monoisotopic (exact) mass is 379 g/mol. The van der Waals surface area contributed by atoms with E-state index in [4.69, 9.17) is 0 Å². The average Bonchev–Trinajstić information content (AvgIpc) is 3.02. The number of anilines is 2. The molecular formula is C21H21N3O4. The van der Waals surface area contributed by atoms with E-state index < -0.39 is 11.6 Å². The lowest BCUT2D eigenvalue weighted by atomic mass is 9.94. The largest absolute Gasteiger partial charge is 0.508 e. The van der Waals surface area contributed by atoms with Crippen molar-refractivity contribution in [3.05, 3.63) is 54.1 Å². The van der Waals surface area contributed by atoms with Gasteiger partial charge in [0, 0.05) is 24.6 Å². The Morgan fingerprint density at radius 2 is 1.79 bits per heavy atom. The maximum atomic E-state index is 13.5. The lowest BCUT2D eigenvalue weighted by Crippen LogP contribution is -2.70. The minimum Gasteiger partial charge on any atom is -0.508 e. The first-order valence-corrected chi connectivity index (χ1v) is 9.22. The third kappa shape index (κ3) is 2.46. The minimum atomic E-state index is -1.42. The normalized spacial score (nSPS) is 21.0. The zero-order valence-corrected chi connectivity index (χ0v) is 15.7. The van der Waals surface area contributed by atoms with E-state index in [2.05, 4.69) is 5.32 Å². The number of phenols is 1. The number of fused-ring (bicyclic) bond motifs is 3. The second-order valence-electron chi connectivity index (χ2n) is 7.33. The number of amides is 3. The van der Waals surface area contributed by atoms with Crippen LogP contribution in [0.1, 0.15) is 37.0 Å². The van der Waals surface area contributed by atoms with Crippen molar-refractivity contribution < 1.29 is 19.5 Å². The number of benzene rings is 2. The van der Waals surface area contributed by atoms with Crippen LogP contribution in [0.4, 0.5) is 11.4 Å². The molecule has 4 rings (SSSR count). The molecule has 3 amide bonds. The van der Waals surface area contributed by atoms with Crippen molar-refractivity contribution >= 4 is 29.1 Å². The molecule has 2 aromatic rings. The van der Waals surface area contributed by atoms with Crippen LogP contribution in [-0.4, -0.2) is 39.4 Å². The van der Waals surface area contributed by atoms with Crippen LogP contribution in [0.3, 0.4) is 0 Å². The van der Waals surface area contributed by atoms with Crippen LogP contribution in [0, 0.1) is 0 Å². The van der Waals surface area contributed by atoms with E-state index in [0.717, 1.165) is 0 Å². The number of hydrogen-bond donors (Lipinski definition) is 2. The molecule has 0 radical (unpaired) electrons. The van der Waals surface area contributed by atoms with E-state index >= 15 is 0 Å². The zero-order chi connectivity index (χ0) is 20.1. The highest BCUT2D eigenvalue weighted by Gasteiger charge is 2.61. The summed E-state index contributed by atoms with van der Waals surface area (Å²) in [4.78, 5) is 42.6. The van der Waals surface area contributed by atoms with Gasteiger partial charge in [-0.2, -0.15) is 0 Å². The number of carbonyl (C=O) groups is 3. The van der Waals surface area contributed by atoms with Crippen molar-refractivity contribution in [1.29, 1.82) is 0 Å². The summed E-state index contributed by atoms with van der Waals surface area (Å²) in [5.74, 6) is -0.816. The van der Waals surface area contributed by atoms with E-state index in [1.807, 2.05) is 13.8 Å². The summed E-state index contributed by atoms with van der Waals surface area (Å²) in [7, 11) is 0. The fourth-order valence-corrected chi connectivity index (χ4v) is 4.18. The highest BCUT2D eigenvalue weighted by molar-refractivity contribution is 6.18. The van der Waals surface area contributed by atoms with Crippen LogP contribution in [0.2, 0.25) is 0 Å². The molecule has 0 unspecified atom stereocenters. The Morgan fingerprint density at radius 3 is 2.46 bits per heavy atom. The third-order valence-corrected chi connectivity index (χ3v) is 5.30. The van der Waals surface area contributed by atoms with Gasteiger partial charge in [0.05, 0.1) is 11.3 Å². The van der Waals surface area contributed by atoms with Crippen molar-refractivity contribution in [3.8, 4) is 5.75 Å².